The minimum absolute atomic E-state index is 0.289. The maximum absolute atomic E-state index is 11.6. The summed E-state index contributed by atoms with van der Waals surface area (Å²) in [5, 5.41) is 0. The third kappa shape index (κ3) is 4.33. The maximum atomic E-state index is 11.6. The highest BCUT2D eigenvalue weighted by Gasteiger charge is 2.15. The topological polar surface area (TPSA) is 70.8 Å². The first-order valence-electron chi connectivity index (χ1n) is 6.82. The quantitative estimate of drug-likeness (QED) is 0.450. The fourth-order valence-corrected chi connectivity index (χ4v) is 1.85. The first-order valence-corrected chi connectivity index (χ1v) is 6.82. The zero-order chi connectivity index (χ0) is 15.0. The number of hydrogen-bond acceptors (Lipinski definition) is 5. The average molecular weight is 281 g/mol. The predicted octanol–water partition coefficient (Wildman–Crippen LogP) is 3.02. The van der Waals surface area contributed by atoms with Gasteiger partial charge in [0.1, 0.15) is 0 Å². The van der Waals surface area contributed by atoms with E-state index in [-0.39, 0.29) is 5.56 Å². The van der Waals surface area contributed by atoms with Crippen LogP contribution in [0.1, 0.15) is 43.0 Å². The molecular formula is C15H23NO4. The Bertz CT molecular complexity index is 446. The number of carbonyl (C=O) groups excluding carboxylic acids is 1. The van der Waals surface area contributed by atoms with Crippen LogP contribution in [0.25, 0.3) is 0 Å². The molecule has 5 heteroatoms. The van der Waals surface area contributed by atoms with Crippen LogP contribution in [0.15, 0.2) is 12.1 Å². The third-order valence-corrected chi connectivity index (χ3v) is 3.00. The van der Waals surface area contributed by atoms with E-state index in [0.717, 1.165) is 12.8 Å². The van der Waals surface area contributed by atoms with E-state index in [1.165, 1.54) is 27.1 Å². The summed E-state index contributed by atoms with van der Waals surface area (Å²) in [5.41, 5.74) is 6.40. The molecule has 0 radical (unpaired) electrons. The van der Waals surface area contributed by atoms with Crippen molar-refractivity contribution in [3.05, 3.63) is 17.7 Å². The van der Waals surface area contributed by atoms with Gasteiger partial charge in [0, 0.05) is 12.1 Å². The van der Waals surface area contributed by atoms with Crippen LogP contribution in [-0.2, 0) is 4.74 Å². The normalized spacial score (nSPS) is 10.2. The summed E-state index contributed by atoms with van der Waals surface area (Å²) in [7, 11) is 2.85. The number of hydrogen-bond donors (Lipinski definition) is 1. The molecule has 0 heterocycles. The molecule has 0 aliphatic heterocycles. The summed E-state index contributed by atoms with van der Waals surface area (Å²) >= 11 is 0. The number of esters is 1. The first-order chi connectivity index (χ1) is 9.63. The maximum Gasteiger partial charge on any atom is 0.340 e. The summed E-state index contributed by atoms with van der Waals surface area (Å²) in [5.74, 6) is 0.547. The monoisotopic (exact) mass is 281 g/mol. The molecule has 0 unspecified atom stereocenters. The van der Waals surface area contributed by atoms with Crippen molar-refractivity contribution in [1.29, 1.82) is 0 Å². The SMILES string of the molecule is CCCCCCOc1cc(C(=O)OC)c(N)cc1OC. The lowest BCUT2D eigenvalue weighted by atomic mass is 10.1. The molecule has 0 atom stereocenters. The largest absolute Gasteiger partial charge is 0.493 e. The molecule has 0 saturated carbocycles. The van der Waals surface area contributed by atoms with Crippen LogP contribution in [0.2, 0.25) is 0 Å². The van der Waals surface area contributed by atoms with Crippen molar-refractivity contribution >= 4 is 11.7 Å². The average Bonchev–Trinajstić information content (AvgIpc) is 2.47. The van der Waals surface area contributed by atoms with E-state index in [9.17, 15) is 4.79 Å². The van der Waals surface area contributed by atoms with Crippen LogP contribution in [0.4, 0.5) is 5.69 Å². The highest BCUT2D eigenvalue weighted by atomic mass is 16.5. The fourth-order valence-electron chi connectivity index (χ4n) is 1.85. The Hall–Kier alpha value is -1.91. The Kier molecular flexibility index (Phi) is 6.70. The van der Waals surface area contributed by atoms with E-state index in [1.54, 1.807) is 12.1 Å². The highest BCUT2D eigenvalue weighted by Crippen LogP contribution is 2.32. The Balaban J connectivity index is 2.79. The van der Waals surface area contributed by atoms with E-state index >= 15 is 0 Å². The van der Waals surface area contributed by atoms with E-state index in [0.29, 0.717) is 23.8 Å². The van der Waals surface area contributed by atoms with Gasteiger partial charge >= 0.3 is 5.97 Å². The van der Waals surface area contributed by atoms with Crippen molar-refractivity contribution < 1.29 is 19.0 Å². The number of nitrogen functional groups attached to an aromatic ring is 1. The van der Waals surface area contributed by atoms with Gasteiger partial charge in [-0.05, 0) is 6.42 Å². The molecular weight excluding hydrogens is 258 g/mol. The van der Waals surface area contributed by atoms with Gasteiger partial charge in [-0.1, -0.05) is 26.2 Å². The summed E-state index contributed by atoms with van der Waals surface area (Å²) in [6, 6.07) is 3.15. The predicted molar refractivity (Wildman–Crippen MR) is 78.4 cm³/mol. The Morgan fingerprint density at radius 1 is 1.15 bits per heavy atom. The van der Waals surface area contributed by atoms with Crippen LogP contribution in [0.5, 0.6) is 11.5 Å². The number of nitrogens with two attached hydrogens (primary N) is 1. The second kappa shape index (κ2) is 8.30. The number of rotatable bonds is 8. The lowest BCUT2D eigenvalue weighted by Crippen LogP contribution is -2.08. The number of benzene rings is 1. The molecule has 0 amide bonds. The van der Waals surface area contributed by atoms with Crippen molar-refractivity contribution in [3.63, 3.8) is 0 Å². The Morgan fingerprint density at radius 3 is 2.50 bits per heavy atom. The highest BCUT2D eigenvalue weighted by molar-refractivity contribution is 5.96. The summed E-state index contributed by atoms with van der Waals surface area (Å²) in [6.07, 6.45) is 4.46. The molecule has 0 bridgehead atoms. The molecule has 20 heavy (non-hydrogen) atoms. The van der Waals surface area contributed by atoms with Gasteiger partial charge in [0.05, 0.1) is 32.1 Å². The molecule has 1 aromatic rings. The third-order valence-electron chi connectivity index (χ3n) is 3.00. The van der Waals surface area contributed by atoms with Gasteiger partial charge in [-0.15, -0.1) is 0 Å². The van der Waals surface area contributed by atoms with Gasteiger partial charge in [-0.25, -0.2) is 4.79 Å². The standard InChI is InChI=1S/C15H23NO4/c1-4-5-6-7-8-20-14-9-11(15(17)19-3)12(16)10-13(14)18-2/h9-10H,4-8,16H2,1-3H3. The van der Waals surface area contributed by atoms with Gasteiger partial charge in [0.2, 0.25) is 0 Å². The van der Waals surface area contributed by atoms with Crippen LogP contribution < -0.4 is 15.2 Å². The molecule has 0 aliphatic rings. The van der Waals surface area contributed by atoms with Gasteiger partial charge in [-0.2, -0.15) is 0 Å². The molecule has 2 N–H and O–H groups in total. The molecule has 5 nitrogen and oxygen atoms in total. The number of anilines is 1. The van der Waals surface area contributed by atoms with E-state index < -0.39 is 5.97 Å². The Morgan fingerprint density at radius 2 is 1.90 bits per heavy atom. The fraction of sp³-hybridized carbons (Fsp3) is 0.533. The lowest BCUT2D eigenvalue weighted by molar-refractivity contribution is 0.0601. The van der Waals surface area contributed by atoms with Crippen LogP contribution in [0.3, 0.4) is 0 Å². The molecule has 0 spiro atoms. The van der Waals surface area contributed by atoms with E-state index in [4.69, 9.17) is 15.2 Å². The molecule has 0 aromatic heterocycles. The second-order valence-electron chi connectivity index (χ2n) is 4.49. The number of methoxy groups -OCH3 is 2. The molecule has 0 fully saturated rings. The molecule has 1 aromatic carbocycles. The van der Waals surface area contributed by atoms with Crippen molar-refractivity contribution in [1.82, 2.24) is 0 Å². The van der Waals surface area contributed by atoms with Crippen molar-refractivity contribution in [2.75, 3.05) is 26.6 Å². The van der Waals surface area contributed by atoms with Crippen molar-refractivity contribution in [2.24, 2.45) is 0 Å². The van der Waals surface area contributed by atoms with Crippen LogP contribution >= 0.6 is 0 Å². The zero-order valence-electron chi connectivity index (χ0n) is 12.4. The summed E-state index contributed by atoms with van der Waals surface area (Å²) < 4.78 is 15.6. The van der Waals surface area contributed by atoms with Gasteiger partial charge in [0.15, 0.2) is 11.5 Å². The van der Waals surface area contributed by atoms with Gasteiger partial charge < -0.3 is 19.9 Å². The van der Waals surface area contributed by atoms with Gasteiger partial charge in [0.25, 0.3) is 0 Å². The lowest BCUT2D eigenvalue weighted by Gasteiger charge is -2.13. The minimum atomic E-state index is -0.485. The number of ether oxygens (including phenoxy) is 3. The number of carbonyl (C=O) groups is 1. The second-order valence-corrected chi connectivity index (χ2v) is 4.49. The minimum Gasteiger partial charge on any atom is -0.493 e. The Labute approximate surface area is 120 Å². The zero-order valence-corrected chi connectivity index (χ0v) is 12.4. The van der Waals surface area contributed by atoms with Crippen LogP contribution in [-0.4, -0.2) is 26.8 Å². The number of unbranched alkanes of at least 4 members (excludes halogenated alkanes) is 3. The summed E-state index contributed by atoms with van der Waals surface area (Å²) in [4.78, 5) is 11.6. The first kappa shape index (κ1) is 16.1. The molecule has 1 rings (SSSR count). The van der Waals surface area contributed by atoms with E-state index in [1.807, 2.05) is 0 Å². The van der Waals surface area contributed by atoms with Crippen LogP contribution in [0, 0.1) is 0 Å². The molecule has 0 aliphatic carbocycles. The molecule has 0 saturated heterocycles. The molecule has 112 valence electrons. The van der Waals surface area contributed by atoms with Crippen molar-refractivity contribution in [3.8, 4) is 11.5 Å². The van der Waals surface area contributed by atoms with Gasteiger partial charge in [-0.3, -0.25) is 0 Å². The smallest absolute Gasteiger partial charge is 0.340 e. The summed E-state index contributed by atoms with van der Waals surface area (Å²) in [6.45, 7) is 2.74. The van der Waals surface area contributed by atoms with Crippen molar-refractivity contribution in [2.45, 2.75) is 32.6 Å². The van der Waals surface area contributed by atoms with E-state index in [2.05, 4.69) is 11.7 Å².